The van der Waals surface area contributed by atoms with Crippen molar-refractivity contribution in [3.63, 3.8) is 0 Å². The van der Waals surface area contributed by atoms with Crippen molar-refractivity contribution >= 4 is 0 Å². The molecule has 0 saturated carbocycles. The van der Waals surface area contributed by atoms with Crippen molar-refractivity contribution in [1.29, 1.82) is 0 Å². The summed E-state index contributed by atoms with van der Waals surface area (Å²) in [7, 11) is 6.59. The van der Waals surface area contributed by atoms with E-state index in [0.717, 1.165) is 0 Å². The third-order valence-electron chi connectivity index (χ3n) is 5.20. The number of nitrogens with zero attached hydrogens (tertiary/aromatic N) is 2. The standard InChI is InChI=1S/C24H50N2/c1-5-6-7-8-9-10-11-12-13-14-15-16-17-18-19-20-23-26(4)24-21-22-25(2)3/h12-13H,5-11,14-24H2,1-4H3. The molecule has 0 N–H and O–H groups in total. The highest BCUT2D eigenvalue weighted by Gasteiger charge is 1.99. The van der Waals surface area contributed by atoms with E-state index in [1.165, 1.54) is 116 Å². The Kier molecular flexibility index (Phi) is 20.7. The predicted molar refractivity (Wildman–Crippen MR) is 120 cm³/mol. The molecule has 156 valence electrons. The molecule has 0 heterocycles. The second-order valence-electron chi connectivity index (χ2n) is 8.40. The summed E-state index contributed by atoms with van der Waals surface area (Å²) in [6.45, 7) is 6.01. The topological polar surface area (TPSA) is 6.48 Å². The second-order valence-corrected chi connectivity index (χ2v) is 8.40. The molecule has 26 heavy (non-hydrogen) atoms. The molecule has 0 aromatic heterocycles. The number of unbranched alkanes of at least 4 members (excludes halogenated alkanes) is 12. The number of rotatable bonds is 20. The largest absolute Gasteiger partial charge is 0.309 e. The zero-order chi connectivity index (χ0) is 19.3. The summed E-state index contributed by atoms with van der Waals surface area (Å²) in [6, 6.07) is 0. The minimum absolute atomic E-state index is 1.21. The SMILES string of the molecule is CCCCCCCCC=CCCCCCCCCN(C)CCCN(C)C. The zero-order valence-electron chi connectivity index (χ0n) is 18.8. The number of hydrogen-bond acceptors (Lipinski definition) is 2. The van der Waals surface area contributed by atoms with E-state index in [4.69, 9.17) is 0 Å². The van der Waals surface area contributed by atoms with Crippen LogP contribution in [0.5, 0.6) is 0 Å². The molecular weight excluding hydrogens is 316 g/mol. The Morgan fingerprint density at radius 2 is 0.962 bits per heavy atom. The maximum atomic E-state index is 2.50. The predicted octanol–water partition coefficient (Wildman–Crippen LogP) is 6.91. The molecule has 0 aliphatic carbocycles. The average molecular weight is 367 g/mol. The molecule has 0 saturated heterocycles. The first kappa shape index (κ1) is 25.7. The number of hydrogen-bond donors (Lipinski definition) is 0. The van der Waals surface area contributed by atoms with E-state index in [1.54, 1.807) is 0 Å². The summed E-state index contributed by atoms with van der Waals surface area (Å²) >= 11 is 0. The monoisotopic (exact) mass is 366 g/mol. The Balaban J connectivity index is 3.18. The molecule has 0 spiro atoms. The highest BCUT2D eigenvalue weighted by atomic mass is 15.1. The van der Waals surface area contributed by atoms with Gasteiger partial charge in [0.15, 0.2) is 0 Å². The third kappa shape index (κ3) is 21.7. The van der Waals surface area contributed by atoms with Crippen molar-refractivity contribution in [2.45, 2.75) is 103 Å². The van der Waals surface area contributed by atoms with Gasteiger partial charge in [-0.3, -0.25) is 0 Å². The van der Waals surface area contributed by atoms with Crippen LogP contribution in [0, 0.1) is 0 Å². The zero-order valence-corrected chi connectivity index (χ0v) is 18.8. The van der Waals surface area contributed by atoms with E-state index < -0.39 is 0 Å². The highest BCUT2D eigenvalue weighted by Crippen LogP contribution is 2.10. The summed E-state index contributed by atoms with van der Waals surface area (Å²) in [4.78, 5) is 4.77. The van der Waals surface area contributed by atoms with E-state index in [0.29, 0.717) is 0 Å². The Morgan fingerprint density at radius 1 is 0.500 bits per heavy atom. The lowest BCUT2D eigenvalue weighted by molar-refractivity contribution is 0.294. The van der Waals surface area contributed by atoms with Crippen LogP contribution in [0.15, 0.2) is 12.2 Å². The summed E-state index contributed by atoms with van der Waals surface area (Å²) in [5, 5.41) is 0. The van der Waals surface area contributed by atoms with Crippen molar-refractivity contribution in [2.75, 3.05) is 40.8 Å². The maximum absolute atomic E-state index is 2.50. The van der Waals surface area contributed by atoms with Crippen LogP contribution in [0.3, 0.4) is 0 Å². The van der Waals surface area contributed by atoms with Crippen molar-refractivity contribution < 1.29 is 0 Å². The molecule has 0 aliphatic rings. The van der Waals surface area contributed by atoms with Crippen molar-refractivity contribution in [3.8, 4) is 0 Å². The van der Waals surface area contributed by atoms with E-state index in [-0.39, 0.29) is 0 Å². The van der Waals surface area contributed by atoms with Gasteiger partial charge in [0.25, 0.3) is 0 Å². The Bertz CT molecular complexity index is 286. The Hall–Kier alpha value is -0.340. The minimum Gasteiger partial charge on any atom is -0.309 e. The Labute approximate surface area is 166 Å². The second kappa shape index (κ2) is 21.0. The van der Waals surface area contributed by atoms with E-state index in [9.17, 15) is 0 Å². The lowest BCUT2D eigenvalue weighted by Gasteiger charge is -2.17. The maximum Gasteiger partial charge on any atom is -0.000960 e. The van der Waals surface area contributed by atoms with Crippen molar-refractivity contribution in [3.05, 3.63) is 12.2 Å². The van der Waals surface area contributed by atoms with Gasteiger partial charge >= 0.3 is 0 Å². The first-order chi connectivity index (χ1) is 12.7. The summed E-state index contributed by atoms with van der Waals surface area (Å²) in [5.41, 5.74) is 0. The Morgan fingerprint density at radius 3 is 1.50 bits per heavy atom. The fourth-order valence-corrected chi connectivity index (χ4v) is 3.40. The van der Waals surface area contributed by atoms with Gasteiger partial charge in [-0.25, -0.2) is 0 Å². The van der Waals surface area contributed by atoms with Gasteiger partial charge in [0.05, 0.1) is 0 Å². The summed E-state index contributed by atoms with van der Waals surface area (Å²) in [5.74, 6) is 0. The van der Waals surface area contributed by atoms with Gasteiger partial charge in [0, 0.05) is 0 Å². The highest BCUT2D eigenvalue weighted by molar-refractivity contribution is 4.81. The third-order valence-corrected chi connectivity index (χ3v) is 5.20. The van der Waals surface area contributed by atoms with Crippen LogP contribution in [0.4, 0.5) is 0 Å². The quantitative estimate of drug-likeness (QED) is 0.171. The minimum atomic E-state index is 1.21. The number of allylic oxidation sites excluding steroid dienone is 2. The van der Waals surface area contributed by atoms with Crippen LogP contribution >= 0.6 is 0 Å². The fraction of sp³-hybridized carbons (Fsp3) is 0.917. The first-order valence-electron chi connectivity index (χ1n) is 11.6. The van der Waals surface area contributed by atoms with Gasteiger partial charge in [-0.1, -0.05) is 76.9 Å². The smallest absolute Gasteiger partial charge is 0.000960 e. The van der Waals surface area contributed by atoms with Gasteiger partial charge in [-0.2, -0.15) is 0 Å². The molecule has 0 aromatic carbocycles. The van der Waals surface area contributed by atoms with E-state index >= 15 is 0 Å². The van der Waals surface area contributed by atoms with Crippen LogP contribution in [-0.4, -0.2) is 50.6 Å². The molecule has 0 atom stereocenters. The molecule has 0 rings (SSSR count). The van der Waals surface area contributed by atoms with Crippen LogP contribution in [0.25, 0.3) is 0 Å². The van der Waals surface area contributed by atoms with E-state index in [1.807, 2.05) is 0 Å². The summed E-state index contributed by atoms with van der Waals surface area (Å²) in [6.07, 6.45) is 25.6. The lowest BCUT2D eigenvalue weighted by atomic mass is 10.1. The van der Waals surface area contributed by atoms with Gasteiger partial charge in [-0.05, 0) is 79.3 Å². The molecule has 0 amide bonds. The van der Waals surface area contributed by atoms with E-state index in [2.05, 4.69) is 50.0 Å². The molecule has 2 nitrogen and oxygen atoms in total. The van der Waals surface area contributed by atoms with Crippen LogP contribution in [0.1, 0.15) is 103 Å². The van der Waals surface area contributed by atoms with Crippen LogP contribution in [-0.2, 0) is 0 Å². The molecule has 2 heteroatoms. The van der Waals surface area contributed by atoms with Crippen molar-refractivity contribution in [1.82, 2.24) is 9.80 Å². The average Bonchev–Trinajstić information content (AvgIpc) is 2.61. The molecule has 0 unspecified atom stereocenters. The summed E-state index contributed by atoms with van der Waals surface area (Å²) < 4.78 is 0. The van der Waals surface area contributed by atoms with Crippen molar-refractivity contribution in [2.24, 2.45) is 0 Å². The molecule has 0 aromatic rings. The molecule has 0 aliphatic heterocycles. The molecule has 0 fully saturated rings. The van der Waals surface area contributed by atoms with Gasteiger partial charge < -0.3 is 9.80 Å². The molecule has 0 radical (unpaired) electrons. The van der Waals surface area contributed by atoms with Crippen LogP contribution in [0.2, 0.25) is 0 Å². The van der Waals surface area contributed by atoms with Crippen LogP contribution < -0.4 is 0 Å². The van der Waals surface area contributed by atoms with Gasteiger partial charge in [0.2, 0.25) is 0 Å². The normalized spacial score (nSPS) is 12.1. The molecular formula is C24H50N2. The molecule has 0 bridgehead atoms. The fourth-order valence-electron chi connectivity index (χ4n) is 3.40. The first-order valence-corrected chi connectivity index (χ1v) is 11.6. The van der Waals surface area contributed by atoms with Gasteiger partial charge in [-0.15, -0.1) is 0 Å². The lowest BCUT2D eigenvalue weighted by Crippen LogP contribution is -2.24. The van der Waals surface area contributed by atoms with Gasteiger partial charge in [0.1, 0.15) is 0 Å².